The number of hydrogen-bond donors (Lipinski definition) is 1. The Bertz CT molecular complexity index is 290. The molecule has 0 radical (unpaired) electrons. The maximum Gasteiger partial charge on any atom is 0.324 e. The summed E-state index contributed by atoms with van der Waals surface area (Å²) in [5, 5.41) is 9.31. The van der Waals surface area contributed by atoms with Crippen molar-refractivity contribution in [3.8, 4) is 11.8 Å². The lowest BCUT2D eigenvalue weighted by Crippen LogP contribution is -2.50. The largest absolute Gasteiger partial charge is 0.480 e. The van der Waals surface area contributed by atoms with Gasteiger partial charge in [0.15, 0.2) is 0 Å². The molecule has 1 aliphatic rings. The molecule has 0 bridgehead atoms. The molecule has 0 spiro atoms. The van der Waals surface area contributed by atoms with Crippen LogP contribution in [0, 0.1) is 11.8 Å². The molecule has 1 aliphatic heterocycles. The van der Waals surface area contributed by atoms with Gasteiger partial charge in [-0.25, -0.2) is 0 Å². The summed E-state index contributed by atoms with van der Waals surface area (Å²) in [5.74, 6) is 5.16. The Hall–Kier alpha value is -1.01. The fraction of sp³-hybridized carbons (Fsp3) is 0.750. The number of aliphatic carboxylic acids is 1. The molecule has 3 nitrogen and oxygen atoms in total. The first-order valence-corrected chi connectivity index (χ1v) is 5.55. The van der Waals surface area contributed by atoms with Crippen molar-refractivity contribution in [2.45, 2.75) is 45.1 Å². The van der Waals surface area contributed by atoms with Gasteiger partial charge in [-0.3, -0.25) is 9.69 Å². The average molecular weight is 209 g/mol. The van der Waals surface area contributed by atoms with Gasteiger partial charge >= 0.3 is 5.97 Å². The number of rotatable bonds is 4. The normalized spacial score (nSPS) is 26.0. The quantitative estimate of drug-likeness (QED) is 0.717. The van der Waals surface area contributed by atoms with Gasteiger partial charge in [-0.2, -0.15) is 0 Å². The summed E-state index contributed by atoms with van der Waals surface area (Å²) in [6, 6.07) is 0. The molecule has 0 aromatic rings. The van der Waals surface area contributed by atoms with Gasteiger partial charge in [0.1, 0.15) is 5.54 Å². The van der Waals surface area contributed by atoms with Crippen molar-refractivity contribution in [2.75, 3.05) is 13.1 Å². The molecule has 0 aliphatic carbocycles. The molecule has 1 unspecified atom stereocenters. The van der Waals surface area contributed by atoms with Gasteiger partial charge in [0.25, 0.3) is 0 Å². The molecule has 1 saturated heterocycles. The highest BCUT2D eigenvalue weighted by molar-refractivity contribution is 5.79. The van der Waals surface area contributed by atoms with E-state index in [9.17, 15) is 9.90 Å². The van der Waals surface area contributed by atoms with Gasteiger partial charge < -0.3 is 5.11 Å². The van der Waals surface area contributed by atoms with Crippen molar-refractivity contribution in [1.29, 1.82) is 0 Å². The summed E-state index contributed by atoms with van der Waals surface area (Å²) < 4.78 is 0. The highest BCUT2D eigenvalue weighted by atomic mass is 16.4. The van der Waals surface area contributed by atoms with E-state index < -0.39 is 11.5 Å². The third kappa shape index (κ3) is 2.32. The Morgan fingerprint density at radius 1 is 1.60 bits per heavy atom. The fourth-order valence-corrected chi connectivity index (χ4v) is 2.37. The lowest BCUT2D eigenvalue weighted by atomic mass is 9.93. The van der Waals surface area contributed by atoms with Crippen LogP contribution < -0.4 is 0 Å². The molecule has 1 rings (SSSR count). The zero-order valence-corrected chi connectivity index (χ0v) is 9.55. The molecular formula is C12H19NO2. The summed E-state index contributed by atoms with van der Waals surface area (Å²) in [5.41, 5.74) is -0.616. The van der Waals surface area contributed by atoms with Crippen LogP contribution in [-0.2, 0) is 4.79 Å². The molecule has 84 valence electrons. The molecule has 1 fully saturated rings. The average Bonchev–Trinajstić information content (AvgIpc) is 2.62. The molecule has 15 heavy (non-hydrogen) atoms. The van der Waals surface area contributed by atoms with E-state index in [2.05, 4.69) is 16.7 Å². The smallest absolute Gasteiger partial charge is 0.324 e. The third-order valence-electron chi connectivity index (χ3n) is 3.29. The second-order valence-electron chi connectivity index (χ2n) is 3.96. The second kappa shape index (κ2) is 5.18. The van der Waals surface area contributed by atoms with E-state index in [1.807, 2.05) is 13.8 Å². The van der Waals surface area contributed by atoms with E-state index >= 15 is 0 Å². The molecule has 0 aromatic heterocycles. The molecule has 0 saturated carbocycles. The van der Waals surface area contributed by atoms with Crippen LogP contribution >= 0.6 is 0 Å². The maximum absolute atomic E-state index is 11.3. The van der Waals surface area contributed by atoms with Crippen molar-refractivity contribution in [1.82, 2.24) is 4.90 Å². The Labute approximate surface area is 91.5 Å². The van der Waals surface area contributed by atoms with Crippen LogP contribution in [0.25, 0.3) is 0 Å². The topological polar surface area (TPSA) is 40.5 Å². The monoisotopic (exact) mass is 209 g/mol. The lowest BCUT2D eigenvalue weighted by Gasteiger charge is -2.33. The highest BCUT2D eigenvalue weighted by Gasteiger charge is 2.45. The van der Waals surface area contributed by atoms with E-state index in [0.29, 0.717) is 6.42 Å². The van der Waals surface area contributed by atoms with Crippen LogP contribution in [0.1, 0.15) is 39.5 Å². The van der Waals surface area contributed by atoms with Gasteiger partial charge in [-0.05, 0) is 32.7 Å². The third-order valence-corrected chi connectivity index (χ3v) is 3.29. The van der Waals surface area contributed by atoms with Gasteiger partial charge in [-0.1, -0.05) is 6.92 Å². The van der Waals surface area contributed by atoms with Gasteiger partial charge in [0.05, 0.1) is 0 Å². The summed E-state index contributed by atoms with van der Waals surface area (Å²) in [7, 11) is 0. The van der Waals surface area contributed by atoms with Crippen molar-refractivity contribution in [3.63, 3.8) is 0 Å². The van der Waals surface area contributed by atoms with Gasteiger partial charge in [-0.15, -0.1) is 11.8 Å². The van der Waals surface area contributed by atoms with Crippen LogP contribution in [0.2, 0.25) is 0 Å². The van der Waals surface area contributed by atoms with Crippen LogP contribution in [0.15, 0.2) is 0 Å². The molecule has 1 heterocycles. The first-order valence-electron chi connectivity index (χ1n) is 5.55. The molecule has 1 N–H and O–H groups in total. The van der Waals surface area contributed by atoms with Crippen LogP contribution in [-0.4, -0.2) is 34.6 Å². The Morgan fingerprint density at radius 2 is 2.33 bits per heavy atom. The van der Waals surface area contributed by atoms with Crippen molar-refractivity contribution in [3.05, 3.63) is 0 Å². The van der Waals surface area contributed by atoms with E-state index in [0.717, 1.165) is 32.4 Å². The zero-order chi connectivity index (χ0) is 11.3. The molecule has 0 amide bonds. The Kier molecular flexibility index (Phi) is 4.16. The number of carboxylic acids is 1. The predicted molar refractivity (Wildman–Crippen MR) is 59.5 cm³/mol. The number of carbonyl (C=O) groups is 1. The van der Waals surface area contributed by atoms with E-state index in [1.165, 1.54) is 0 Å². The van der Waals surface area contributed by atoms with Crippen molar-refractivity contribution < 1.29 is 9.90 Å². The minimum atomic E-state index is -0.674. The predicted octanol–water partition coefficient (Wildman–Crippen LogP) is 1.73. The summed E-state index contributed by atoms with van der Waals surface area (Å²) in [4.78, 5) is 13.4. The van der Waals surface area contributed by atoms with Crippen LogP contribution in [0.4, 0.5) is 0 Å². The lowest BCUT2D eigenvalue weighted by molar-refractivity contribution is -0.150. The zero-order valence-electron chi connectivity index (χ0n) is 9.55. The number of carboxylic acid groups (broad SMARTS) is 1. The molecule has 3 heteroatoms. The SMILES string of the molecule is CC#CCCN1CCCC1(CC)C(=O)O. The number of hydrogen-bond acceptors (Lipinski definition) is 2. The summed E-state index contributed by atoms with van der Waals surface area (Å²) in [6.07, 6.45) is 3.21. The van der Waals surface area contributed by atoms with E-state index in [-0.39, 0.29) is 0 Å². The summed E-state index contributed by atoms with van der Waals surface area (Å²) in [6.45, 7) is 5.44. The van der Waals surface area contributed by atoms with Crippen LogP contribution in [0.3, 0.4) is 0 Å². The molecule has 0 aromatic carbocycles. The Balaban J connectivity index is 2.68. The number of nitrogens with zero attached hydrogens (tertiary/aromatic N) is 1. The maximum atomic E-state index is 11.3. The number of likely N-dealkylation sites (tertiary alicyclic amines) is 1. The minimum absolute atomic E-state index is 0.616. The van der Waals surface area contributed by atoms with Gasteiger partial charge in [0, 0.05) is 13.0 Å². The van der Waals surface area contributed by atoms with Crippen molar-refractivity contribution in [2.24, 2.45) is 0 Å². The van der Waals surface area contributed by atoms with E-state index in [4.69, 9.17) is 0 Å². The molecule has 1 atom stereocenters. The van der Waals surface area contributed by atoms with Gasteiger partial charge in [0.2, 0.25) is 0 Å². The summed E-state index contributed by atoms with van der Waals surface area (Å²) >= 11 is 0. The first kappa shape index (κ1) is 12.1. The molecular weight excluding hydrogens is 190 g/mol. The fourth-order valence-electron chi connectivity index (χ4n) is 2.37. The first-order chi connectivity index (χ1) is 7.17. The highest BCUT2D eigenvalue weighted by Crippen LogP contribution is 2.32. The minimum Gasteiger partial charge on any atom is -0.480 e. The van der Waals surface area contributed by atoms with E-state index in [1.54, 1.807) is 0 Å². The Morgan fingerprint density at radius 3 is 2.87 bits per heavy atom. The van der Waals surface area contributed by atoms with Crippen molar-refractivity contribution >= 4 is 5.97 Å². The van der Waals surface area contributed by atoms with Crippen LogP contribution in [0.5, 0.6) is 0 Å². The standard InChI is InChI=1S/C12H19NO2/c1-3-5-6-9-13-10-7-8-12(13,4-2)11(14)15/h4,6-10H2,1-2H3,(H,14,15). The second-order valence-corrected chi connectivity index (χ2v) is 3.96.